The Kier molecular flexibility index (Phi) is 7.45. The Bertz CT molecular complexity index is 2100. The lowest BCUT2D eigenvalue weighted by atomic mass is 9.64. The summed E-state index contributed by atoms with van der Waals surface area (Å²) in [5.41, 5.74) is 0.0392. The average molecular weight is 709 g/mol. The first kappa shape index (κ1) is 32.9. The first-order chi connectivity index (χ1) is 23.4. The molecule has 0 amide bonds. The van der Waals surface area contributed by atoms with E-state index in [0.717, 1.165) is 40.5 Å². The van der Waals surface area contributed by atoms with E-state index in [4.69, 9.17) is 4.74 Å². The third kappa shape index (κ3) is 4.18. The van der Waals surface area contributed by atoms with Gasteiger partial charge in [0.25, 0.3) is 0 Å². The van der Waals surface area contributed by atoms with Crippen molar-refractivity contribution in [3.05, 3.63) is 101 Å². The molecule has 0 radical (unpaired) electrons. The van der Waals surface area contributed by atoms with Gasteiger partial charge in [0.1, 0.15) is 5.75 Å². The van der Waals surface area contributed by atoms with E-state index >= 15 is 26.3 Å². The van der Waals surface area contributed by atoms with Gasteiger partial charge in [-0.15, -0.1) is 23.5 Å². The molecular formula is C40H34F6OS2. The molecule has 9 heteroatoms. The van der Waals surface area contributed by atoms with E-state index in [2.05, 4.69) is 0 Å². The molecule has 2 unspecified atom stereocenters. The topological polar surface area (TPSA) is 9.23 Å². The number of unbranched alkanes of at least 4 members (excludes halogenated alkanes) is 2. The van der Waals surface area contributed by atoms with Gasteiger partial charge in [0, 0.05) is 20.9 Å². The maximum absolute atomic E-state index is 16.4. The number of fused-ring (bicyclic) bond motifs is 9. The van der Waals surface area contributed by atoms with Crippen molar-refractivity contribution in [1.82, 2.24) is 0 Å². The van der Waals surface area contributed by atoms with Crippen LogP contribution in [0.1, 0.15) is 63.5 Å². The van der Waals surface area contributed by atoms with Crippen molar-refractivity contribution in [2.24, 2.45) is 0 Å². The van der Waals surface area contributed by atoms with Crippen LogP contribution in [0.25, 0.3) is 33.0 Å². The maximum Gasteiger partial charge on any atom is 0.380 e. The van der Waals surface area contributed by atoms with E-state index in [1.54, 1.807) is 43.5 Å². The van der Waals surface area contributed by atoms with Gasteiger partial charge in [-0.2, -0.15) is 26.3 Å². The second kappa shape index (κ2) is 11.1. The second-order valence-electron chi connectivity index (χ2n) is 13.4. The summed E-state index contributed by atoms with van der Waals surface area (Å²) in [4.78, 5) is 1.31. The number of rotatable bonds is 8. The molecule has 2 heterocycles. The SMILES string of the molecule is CCCCC12Sc3ccccc3C1=C1C(=C3c4ccc(-c5ccc6cc(OC)ccc6c5)cc4SC32CCCC)C(F)(F)C(F)(F)C1(F)F. The van der Waals surface area contributed by atoms with Crippen LogP contribution in [0.5, 0.6) is 5.75 Å². The van der Waals surface area contributed by atoms with Crippen molar-refractivity contribution in [1.29, 1.82) is 0 Å². The van der Waals surface area contributed by atoms with E-state index < -0.39 is 38.4 Å². The summed E-state index contributed by atoms with van der Waals surface area (Å²) in [6.45, 7) is 3.99. The van der Waals surface area contributed by atoms with Gasteiger partial charge in [0.2, 0.25) is 0 Å². The Morgan fingerprint density at radius 2 is 1.10 bits per heavy atom. The number of benzene rings is 4. The van der Waals surface area contributed by atoms with Crippen LogP contribution < -0.4 is 4.74 Å². The zero-order chi connectivity index (χ0) is 34.6. The summed E-state index contributed by atoms with van der Waals surface area (Å²) >= 11 is 2.83. The van der Waals surface area contributed by atoms with Crippen molar-refractivity contribution in [3.8, 4) is 16.9 Å². The Hall–Kier alpha value is -3.30. The van der Waals surface area contributed by atoms with Gasteiger partial charge < -0.3 is 4.74 Å². The van der Waals surface area contributed by atoms with Gasteiger partial charge in [0.05, 0.1) is 16.6 Å². The smallest absolute Gasteiger partial charge is 0.380 e. The predicted octanol–water partition coefficient (Wildman–Crippen LogP) is 12.7. The number of halogens is 6. The van der Waals surface area contributed by atoms with Crippen molar-refractivity contribution in [3.63, 3.8) is 0 Å². The number of thioether (sulfide) groups is 2. The molecule has 0 spiro atoms. The average Bonchev–Trinajstić information content (AvgIpc) is 3.64. The lowest BCUT2D eigenvalue weighted by molar-refractivity contribution is -0.257. The summed E-state index contributed by atoms with van der Waals surface area (Å²) in [7, 11) is 1.61. The molecule has 0 bridgehead atoms. The second-order valence-corrected chi connectivity index (χ2v) is 16.1. The number of methoxy groups -OCH3 is 1. The van der Waals surface area contributed by atoms with Gasteiger partial charge in [0.15, 0.2) is 0 Å². The van der Waals surface area contributed by atoms with Crippen LogP contribution >= 0.6 is 23.5 Å². The quantitative estimate of drug-likeness (QED) is 0.169. The molecule has 49 heavy (non-hydrogen) atoms. The lowest BCUT2D eigenvalue weighted by Crippen LogP contribution is -2.51. The fourth-order valence-electron chi connectivity index (χ4n) is 8.44. The molecule has 2 aliphatic carbocycles. The number of hydrogen-bond acceptors (Lipinski definition) is 3. The monoisotopic (exact) mass is 708 g/mol. The zero-order valence-electron chi connectivity index (χ0n) is 27.2. The van der Waals surface area contributed by atoms with Crippen LogP contribution in [0.2, 0.25) is 0 Å². The molecular weight excluding hydrogens is 675 g/mol. The summed E-state index contributed by atoms with van der Waals surface area (Å²) in [5, 5.41) is 1.97. The number of hydrogen-bond donors (Lipinski definition) is 0. The Labute approximate surface area is 290 Å². The summed E-state index contributed by atoms with van der Waals surface area (Å²) in [6, 6.07) is 24.1. The van der Waals surface area contributed by atoms with Crippen molar-refractivity contribution in [2.75, 3.05) is 7.11 Å². The highest BCUT2D eigenvalue weighted by atomic mass is 32.2. The molecule has 0 N–H and O–H groups in total. The van der Waals surface area contributed by atoms with E-state index in [0.29, 0.717) is 46.6 Å². The molecule has 8 rings (SSSR count). The van der Waals surface area contributed by atoms with Crippen LogP contribution in [-0.4, -0.2) is 34.4 Å². The first-order valence-electron chi connectivity index (χ1n) is 16.7. The molecule has 4 aromatic rings. The minimum absolute atomic E-state index is 0.0243. The molecule has 1 nitrogen and oxygen atoms in total. The van der Waals surface area contributed by atoms with Crippen molar-refractivity contribution in [2.45, 2.75) is 89.4 Å². The van der Waals surface area contributed by atoms with Gasteiger partial charge in [-0.3, -0.25) is 0 Å². The van der Waals surface area contributed by atoms with Crippen LogP contribution in [0.15, 0.2) is 99.8 Å². The molecule has 4 aromatic carbocycles. The predicted molar refractivity (Wildman–Crippen MR) is 187 cm³/mol. The van der Waals surface area contributed by atoms with Gasteiger partial charge in [-0.05, 0) is 87.3 Å². The third-order valence-electron chi connectivity index (χ3n) is 10.7. The van der Waals surface area contributed by atoms with Crippen molar-refractivity contribution >= 4 is 45.4 Å². The Morgan fingerprint density at radius 3 is 1.73 bits per heavy atom. The standard InChI is InChI=1S/C40H34F6OS2/c1-4-6-18-36-32(28-10-8-9-11-30(28)48-36)34-35(39(43,44)40(45,46)38(34,41)42)33-29-17-15-26(22-31(29)49-37(33,36)19-7-5-2)23-12-13-25-21-27(47-3)16-14-24(25)20-23/h8-17,20-22H,4-7,18-19H2,1-3H3. The normalized spacial score (nSPS) is 25.2. The van der Waals surface area contributed by atoms with E-state index in [9.17, 15) is 0 Å². The summed E-state index contributed by atoms with van der Waals surface area (Å²) in [6.07, 6.45) is 3.46. The van der Waals surface area contributed by atoms with Crippen molar-refractivity contribution < 1.29 is 31.1 Å². The van der Waals surface area contributed by atoms with Gasteiger partial charge in [-0.1, -0.05) is 88.1 Å². The van der Waals surface area contributed by atoms with E-state index in [1.165, 1.54) is 23.5 Å². The zero-order valence-corrected chi connectivity index (χ0v) is 28.9. The molecule has 1 saturated carbocycles. The minimum Gasteiger partial charge on any atom is -0.497 e. The third-order valence-corrected chi connectivity index (χ3v) is 14.2. The van der Waals surface area contributed by atoms with Crippen LogP contribution in [-0.2, 0) is 0 Å². The minimum atomic E-state index is -5.59. The molecule has 4 aliphatic rings. The van der Waals surface area contributed by atoms with Crippen LogP contribution in [0, 0.1) is 0 Å². The highest BCUT2D eigenvalue weighted by molar-refractivity contribution is 8.06. The fourth-order valence-corrected chi connectivity index (χ4v) is 12.2. The molecule has 0 saturated heterocycles. The van der Waals surface area contributed by atoms with Gasteiger partial charge >= 0.3 is 17.8 Å². The molecule has 1 fully saturated rings. The summed E-state index contributed by atoms with van der Waals surface area (Å²) < 4.78 is 99.8. The van der Waals surface area contributed by atoms with E-state index in [1.807, 2.05) is 56.3 Å². The summed E-state index contributed by atoms with van der Waals surface area (Å²) in [5.74, 6) is -15.0. The Morgan fingerprint density at radius 1 is 0.571 bits per heavy atom. The van der Waals surface area contributed by atoms with Crippen LogP contribution in [0.3, 0.4) is 0 Å². The van der Waals surface area contributed by atoms with Gasteiger partial charge in [-0.25, -0.2) is 0 Å². The molecule has 0 aromatic heterocycles. The molecule has 254 valence electrons. The highest BCUT2D eigenvalue weighted by Gasteiger charge is 2.85. The maximum atomic E-state index is 16.4. The molecule has 2 aliphatic heterocycles. The highest BCUT2D eigenvalue weighted by Crippen LogP contribution is 2.80. The number of ether oxygens (including phenoxy) is 1. The van der Waals surface area contributed by atoms with Crippen LogP contribution in [0.4, 0.5) is 26.3 Å². The lowest BCUT2D eigenvalue weighted by Gasteiger charge is -2.51. The first-order valence-corrected chi connectivity index (χ1v) is 18.4. The number of alkyl halides is 6. The fraction of sp³-hybridized carbons (Fsp3) is 0.350. The molecule has 2 atom stereocenters. The Balaban J connectivity index is 1.43. The largest absolute Gasteiger partial charge is 0.497 e. The van der Waals surface area contributed by atoms with E-state index in [-0.39, 0.29) is 11.1 Å². The number of allylic oxidation sites excluding steroid dienone is 2.